The van der Waals surface area contributed by atoms with Gasteiger partial charge in [0.15, 0.2) is 6.61 Å². The van der Waals surface area contributed by atoms with Crippen molar-refractivity contribution >= 4 is 33.2 Å². The highest BCUT2D eigenvalue weighted by molar-refractivity contribution is 7.91. The fourth-order valence-electron chi connectivity index (χ4n) is 3.02. The van der Waals surface area contributed by atoms with Gasteiger partial charge in [0.1, 0.15) is 4.21 Å². The van der Waals surface area contributed by atoms with Gasteiger partial charge in [-0.25, -0.2) is 8.42 Å². The summed E-state index contributed by atoms with van der Waals surface area (Å²) in [6.45, 7) is 2.29. The van der Waals surface area contributed by atoms with Gasteiger partial charge in [-0.05, 0) is 24.3 Å². The van der Waals surface area contributed by atoms with Crippen LogP contribution >= 0.6 is 11.3 Å². The molecule has 0 saturated carbocycles. The number of rotatable bonds is 5. The van der Waals surface area contributed by atoms with Gasteiger partial charge in [0.2, 0.25) is 0 Å². The highest BCUT2D eigenvalue weighted by atomic mass is 32.2. The van der Waals surface area contributed by atoms with Crippen molar-refractivity contribution in [3.8, 4) is 0 Å². The Labute approximate surface area is 156 Å². The van der Waals surface area contributed by atoms with Gasteiger partial charge in [-0.1, -0.05) is 6.07 Å². The Morgan fingerprint density at radius 3 is 2.50 bits per heavy atom. The first-order chi connectivity index (χ1) is 12.5. The summed E-state index contributed by atoms with van der Waals surface area (Å²) >= 11 is 1.18. The summed E-state index contributed by atoms with van der Waals surface area (Å²) in [6.07, 6.45) is 0.796. The van der Waals surface area contributed by atoms with Gasteiger partial charge in [0.25, 0.3) is 15.9 Å². The molecule has 0 spiro atoms. The average Bonchev–Trinajstić information content (AvgIpc) is 3.22. The van der Waals surface area contributed by atoms with Crippen LogP contribution in [0, 0.1) is 5.92 Å². The summed E-state index contributed by atoms with van der Waals surface area (Å²) in [7, 11) is -3.48. The van der Waals surface area contributed by atoms with Crippen LogP contribution in [0.15, 0.2) is 21.7 Å². The Kier molecular flexibility index (Phi) is 6.28. The SMILES string of the molecule is O=C(OCC(=O)N1CCOCC1)C1CCN(S(=O)(=O)c2cccs2)CC1. The maximum Gasteiger partial charge on any atom is 0.309 e. The van der Waals surface area contributed by atoms with Gasteiger partial charge in [-0.2, -0.15) is 4.31 Å². The van der Waals surface area contributed by atoms with E-state index < -0.39 is 16.0 Å². The number of ether oxygens (including phenoxy) is 2. The zero-order valence-electron chi connectivity index (χ0n) is 14.3. The summed E-state index contributed by atoms with van der Waals surface area (Å²) in [5.74, 6) is -1.03. The number of carbonyl (C=O) groups is 2. The van der Waals surface area contributed by atoms with E-state index in [4.69, 9.17) is 9.47 Å². The number of esters is 1. The summed E-state index contributed by atoms with van der Waals surface area (Å²) < 4.78 is 37.0. The van der Waals surface area contributed by atoms with E-state index >= 15 is 0 Å². The van der Waals surface area contributed by atoms with Crippen molar-refractivity contribution < 1.29 is 27.5 Å². The van der Waals surface area contributed by atoms with Gasteiger partial charge in [-0.3, -0.25) is 9.59 Å². The molecule has 0 aromatic carbocycles. The second-order valence-electron chi connectivity index (χ2n) is 6.21. The smallest absolute Gasteiger partial charge is 0.309 e. The number of nitrogens with zero attached hydrogens (tertiary/aromatic N) is 2. The van der Waals surface area contributed by atoms with E-state index in [0.717, 1.165) is 0 Å². The monoisotopic (exact) mass is 402 g/mol. The van der Waals surface area contributed by atoms with Crippen LogP contribution in [-0.4, -0.2) is 75.5 Å². The van der Waals surface area contributed by atoms with Crippen molar-refractivity contribution in [2.24, 2.45) is 5.92 Å². The molecule has 8 nitrogen and oxygen atoms in total. The molecule has 0 N–H and O–H groups in total. The van der Waals surface area contributed by atoms with Gasteiger partial charge in [-0.15, -0.1) is 11.3 Å². The molecule has 1 aromatic heterocycles. The molecule has 2 saturated heterocycles. The molecule has 0 radical (unpaired) electrons. The topological polar surface area (TPSA) is 93.2 Å². The second kappa shape index (κ2) is 8.47. The minimum atomic E-state index is -3.48. The predicted octanol–water partition coefficient (Wildman–Crippen LogP) is 0.551. The minimum absolute atomic E-state index is 0.223. The van der Waals surface area contributed by atoms with Crippen molar-refractivity contribution in [2.45, 2.75) is 17.1 Å². The first-order valence-electron chi connectivity index (χ1n) is 8.54. The highest BCUT2D eigenvalue weighted by Crippen LogP contribution is 2.26. The molecule has 144 valence electrons. The van der Waals surface area contributed by atoms with Crippen molar-refractivity contribution in [1.29, 1.82) is 0 Å². The van der Waals surface area contributed by atoms with Gasteiger partial charge >= 0.3 is 5.97 Å². The lowest BCUT2D eigenvalue weighted by molar-refractivity contribution is -0.157. The lowest BCUT2D eigenvalue weighted by Crippen LogP contribution is -2.43. The first kappa shape index (κ1) is 19.3. The van der Waals surface area contributed by atoms with E-state index in [1.54, 1.807) is 22.4 Å². The van der Waals surface area contributed by atoms with E-state index in [0.29, 0.717) is 43.4 Å². The van der Waals surface area contributed by atoms with Crippen molar-refractivity contribution in [3.63, 3.8) is 0 Å². The van der Waals surface area contributed by atoms with Crippen LogP contribution in [0.2, 0.25) is 0 Å². The third-order valence-electron chi connectivity index (χ3n) is 4.58. The Bertz CT molecular complexity index is 720. The van der Waals surface area contributed by atoms with Gasteiger partial charge < -0.3 is 14.4 Å². The van der Waals surface area contributed by atoms with Crippen molar-refractivity contribution in [3.05, 3.63) is 17.5 Å². The number of morpholine rings is 1. The molecule has 1 aromatic rings. The molecule has 2 aliphatic rings. The zero-order chi connectivity index (χ0) is 18.6. The number of piperidine rings is 1. The maximum absolute atomic E-state index is 12.5. The van der Waals surface area contributed by atoms with Crippen molar-refractivity contribution in [2.75, 3.05) is 46.0 Å². The van der Waals surface area contributed by atoms with E-state index in [2.05, 4.69) is 0 Å². The molecular weight excluding hydrogens is 380 g/mol. The third kappa shape index (κ3) is 4.43. The fourth-order valence-corrected chi connectivity index (χ4v) is 5.64. The number of hydrogen-bond donors (Lipinski definition) is 0. The highest BCUT2D eigenvalue weighted by Gasteiger charge is 2.33. The van der Waals surface area contributed by atoms with Crippen LogP contribution < -0.4 is 0 Å². The number of amides is 1. The van der Waals surface area contributed by atoms with Crippen LogP contribution in [0.1, 0.15) is 12.8 Å². The van der Waals surface area contributed by atoms with E-state index in [9.17, 15) is 18.0 Å². The summed E-state index contributed by atoms with van der Waals surface area (Å²) in [5, 5.41) is 1.72. The molecule has 10 heteroatoms. The van der Waals surface area contributed by atoms with Crippen LogP contribution in [0.3, 0.4) is 0 Å². The Morgan fingerprint density at radius 2 is 1.88 bits per heavy atom. The van der Waals surface area contributed by atoms with E-state index in [1.807, 2.05) is 0 Å². The maximum atomic E-state index is 12.5. The lowest BCUT2D eigenvalue weighted by atomic mass is 9.98. The molecule has 2 aliphatic heterocycles. The third-order valence-corrected chi connectivity index (χ3v) is 7.85. The lowest BCUT2D eigenvalue weighted by Gasteiger charge is -2.30. The molecule has 3 rings (SSSR count). The molecule has 0 aliphatic carbocycles. The molecule has 1 amide bonds. The molecule has 3 heterocycles. The van der Waals surface area contributed by atoms with Crippen LogP contribution in [0.4, 0.5) is 0 Å². The molecule has 0 unspecified atom stereocenters. The first-order valence-corrected chi connectivity index (χ1v) is 10.9. The number of sulfonamides is 1. The van der Waals surface area contributed by atoms with E-state index in [-0.39, 0.29) is 31.5 Å². The number of thiophene rings is 1. The molecule has 26 heavy (non-hydrogen) atoms. The van der Waals surface area contributed by atoms with Crippen LogP contribution in [-0.2, 0) is 29.1 Å². The quantitative estimate of drug-likeness (QED) is 0.668. The Morgan fingerprint density at radius 1 is 1.19 bits per heavy atom. The molecule has 2 fully saturated rings. The Hall–Kier alpha value is -1.49. The van der Waals surface area contributed by atoms with Crippen LogP contribution in [0.5, 0.6) is 0 Å². The second-order valence-corrected chi connectivity index (χ2v) is 9.32. The average molecular weight is 402 g/mol. The molecule has 0 atom stereocenters. The summed E-state index contributed by atoms with van der Waals surface area (Å²) in [6, 6.07) is 3.28. The van der Waals surface area contributed by atoms with Crippen molar-refractivity contribution in [1.82, 2.24) is 9.21 Å². The van der Waals surface area contributed by atoms with Gasteiger partial charge in [0.05, 0.1) is 19.1 Å². The molecule has 0 bridgehead atoms. The number of carbonyl (C=O) groups excluding carboxylic acids is 2. The standard InChI is InChI=1S/C16H22N2O6S2/c19-14(17-7-9-23-10-8-17)12-24-16(20)13-3-5-18(6-4-13)26(21,22)15-2-1-11-25-15/h1-2,11,13H,3-10,12H2. The Balaban J connectivity index is 1.45. The van der Waals surface area contributed by atoms with Crippen LogP contribution in [0.25, 0.3) is 0 Å². The largest absolute Gasteiger partial charge is 0.455 e. The normalized spacial score (nSPS) is 20.1. The van der Waals surface area contributed by atoms with E-state index in [1.165, 1.54) is 15.6 Å². The minimum Gasteiger partial charge on any atom is -0.455 e. The molecular formula is C16H22N2O6S2. The summed E-state index contributed by atoms with van der Waals surface area (Å²) in [5.41, 5.74) is 0. The number of hydrogen-bond acceptors (Lipinski definition) is 7. The predicted molar refractivity (Wildman–Crippen MR) is 94.2 cm³/mol. The summed E-state index contributed by atoms with van der Waals surface area (Å²) in [4.78, 5) is 25.8. The van der Waals surface area contributed by atoms with Gasteiger partial charge in [0, 0.05) is 26.2 Å². The fraction of sp³-hybridized carbons (Fsp3) is 0.625. The zero-order valence-corrected chi connectivity index (χ0v) is 16.0.